The molecule has 1 unspecified atom stereocenters. The molecule has 33 heavy (non-hydrogen) atoms. The summed E-state index contributed by atoms with van der Waals surface area (Å²) in [4.78, 5) is 30.2. The first-order valence-corrected chi connectivity index (χ1v) is 10.7. The van der Waals surface area contributed by atoms with Crippen molar-refractivity contribution >= 4 is 11.6 Å². The normalized spacial score (nSPS) is 15.2. The fourth-order valence-corrected chi connectivity index (χ4v) is 3.84. The molecule has 1 aliphatic heterocycles. The number of carbonyl (C=O) groups excluding carboxylic acids is 1. The smallest absolute Gasteiger partial charge is 0.217 e. The topological polar surface area (TPSA) is 107 Å². The largest absolute Gasteiger partial charge is 0.490 e. The molecule has 1 amide bonds. The molecule has 172 valence electrons. The third-order valence-corrected chi connectivity index (χ3v) is 5.56. The third-order valence-electron chi connectivity index (χ3n) is 5.56. The zero-order chi connectivity index (χ0) is 23.4. The minimum absolute atomic E-state index is 0.156. The predicted octanol–water partition coefficient (Wildman–Crippen LogP) is 3.37. The van der Waals surface area contributed by atoms with Crippen LogP contribution in [0, 0.1) is 11.6 Å². The molecule has 1 atom stereocenters. The Morgan fingerprint density at radius 3 is 2.73 bits per heavy atom. The van der Waals surface area contributed by atoms with Gasteiger partial charge in [-0.2, -0.15) is 4.39 Å². The summed E-state index contributed by atoms with van der Waals surface area (Å²) >= 11 is 0. The molecule has 10 heteroatoms. The van der Waals surface area contributed by atoms with Gasteiger partial charge in [0.2, 0.25) is 11.7 Å². The molecule has 0 saturated carbocycles. The highest BCUT2D eigenvalue weighted by atomic mass is 19.2. The van der Waals surface area contributed by atoms with Gasteiger partial charge < -0.3 is 15.4 Å². The van der Waals surface area contributed by atoms with Crippen LogP contribution in [0.15, 0.2) is 36.8 Å². The second-order valence-electron chi connectivity index (χ2n) is 7.80. The van der Waals surface area contributed by atoms with Crippen LogP contribution in [0.3, 0.4) is 0 Å². The number of benzene rings is 1. The molecule has 1 aliphatic rings. The minimum atomic E-state index is -1.03. The Morgan fingerprint density at radius 2 is 1.97 bits per heavy atom. The number of ether oxygens (including phenoxy) is 1. The van der Waals surface area contributed by atoms with Gasteiger partial charge in [0.1, 0.15) is 0 Å². The summed E-state index contributed by atoms with van der Waals surface area (Å²) in [5.74, 6) is -1.67. The van der Waals surface area contributed by atoms with E-state index < -0.39 is 17.5 Å². The van der Waals surface area contributed by atoms with Crippen LogP contribution in [-0.2, 0) is 11.2 Å². The maximum absolute atomic E-state index is 14.4. The van der Waals surface area contributed by atoms with Crippen molar-refractivity contribution < 1.29 is 18.3 Å². The molecular formula is C23H24F2N6O2. The first-order chi connectivity index (χ1) is 15.9. The molecule has 8 nitrogen and oxygen atoms in total. The molecule has 3 aromatic rings. The zero-order valence-electron chi connectivity index (χ0n) is 18.2. The standard InChI is InChI=1S/C23H24F2N6O2/c1-14-16-13-29-23(22-27-7-4-8-28-22)30-18(16)6-9-31(14)15-11-17(24)21(25)19(12-15)33-10-3-2-5-20(26)32/h4,7-8,11-14H,2-3,5-6,9-10H2,1H3,(H2,26,32). The van der Waals surface area contributed by atoms with Crippen molar-refractivity contribution in [2.24, 2.45) is 5.73 Å². The zero-order valence-corrected chi connectivity index (χ0v) is 18.2. The first kappa shape index (κ1) is 22.5. The van der Waals surface area contributed by atoms with E-state index in [2.05, 4.69) is 19.9 Å². The van der Waals surface area contributed by atoms with Crippen LogP contribution in [0.1, 0.15) is 43.5 Å². The van der Waals surface area contributed by atoms with Crippen LogP contribution >= 0.6 is 0 Å². The van der Waals surface area contributed by atoms with Gasteiger partial charge in [0.15, 0.2) is 23.2 Å². The number of nitrogens with zero attached hydrogens (tertiary/aromatic N) is 5. The Balaban J connectivity index is 1.52. The number of nitrogens with two attached hydrogens (primary N) is 1. The van der Waals surface area contributed by atoms with E-state index in [1.807, 2.05) is 11.8 Å². The number of hydrogen-bond donors (Lipinski definition) is 1. The lowest BCUT2D eigenvalue weighted by molar-refractivity contribution is -0.118. The molecule has 0 radical (unpaired) electrons. The van der Waals surface area contributed by atoms with Crippen molar-refractivity contribution in [2.45, 2.75) is 38.6 Å². The van der Waals surface area contributed by atoms with Crippen molar-refractivity contribution in [3.8, 4) is 17.4 Å². The van der Waals surface area contributed by atoms with E-state index in [4.69, 9.17) is 10.5 Å². The van der Waals surface area contributed by atoms with E-state index >= 15 is 0 Å². The lowest BCUT2D eigenvalue weighted by atomic mass is 9.98. The van der Waals surface area contributed by atoms with Crippen LogP contribution in [0.5, 0.6) is 5.75 Å². The van der Waals surface area contributed by atoms with Crippen LogP contribution in [0.2, 0.25) is 0 Å². The molecule has 0 spiro atoms. The highest BCUT2D eigenvalue weighted by Crippen LogP contribution is 2.36. The fraction of sp³-hybridized carbons (Fsp3) is 0.348. The second kappa shape index (κ2) is 9.85. The van der Waals surface area contributed by atoms with Gasteiger partial charge in [-0.3, -0.25) is 4.79 Å². The van der Waals surface area contributed by atoms with Gasteiger partial charge in [0.05, 0.1) is 18.3 Å². The molecular weight excluding hydrogens is 430 g/mol. The van der Waals surface area contributed by atoms with E-state index in [-0.39, 0.29) is 24.8 Å². The van der Waals surface area contributed by atoms with Gasteiger partial charge in [-0.15, -0.1) is 0 Å². The summed E-state index contributed by atoms with van der Waals surface area (Å²) in [5.41, 5.74) is 7.40. The monoisotopic (exact) mass is 454 g/mol. The summed E-state index contributed by atoms with van der Waals surface area (Å²) in [6.45, 7) is 2.68. The molecule has 0 bridgehead atoms. The first-order valence-electron chi connectivity index (χ1n) is 10.7. The number of primary amides is 1. The van der Waals surface area contributed by atoms with Gasteiger partial charge in [0.25, 0.3) is 0 Å². The third kappa shape index (κ3) is 5.05. The molecule has 0 saturated heterocycles. The van der Waals surface area contributed by atoms with E-state index in [0.717, 1.165) is 11.3 Å². The molecule has 0 fully saturated rings. The number of hydrogen-bond acceptors (Lipinski definition) is 7. The van der Waals surface area contributed by atoms with Crippen LogP contribution in [-0.4, -0.2) is 39.0 Å². The number of aromatic nitrogens is 4. The van der Waals surface area contributed by atoms with Crippen molar-refractivity contribution in [3.05, 3.63) is 59.7 Å². The van der Waals surface area contributed by atoms with E-state index in [0.29, 0.717) is 43.1 Å². The Kier molecular flexibility index (Phi) is 6.71. The number of anilines is 1. The Morgan fingerprint density at radius 1 is 1.18 bits per heavy atom. The van der Waals surface area contributed by atoms with Crippen LogP contribution in [0.25, 0.3) is 11.6 Å². The van der Waals surface area contributed by atoms with Crippen molar-refractivity contribution in [2.75, 3.05) is 18.1 Å². The Hall–Kier alpha value is -3.69. The van der Waals surface area contributed by atoms with Crippen LogP contribution in [0.4, 0.5) is 14.5 Å². The molecule has 2 N–H and O–H groups in total. The van der Waals surface area contributed by atoms with Gasteiger partial charge in [-0.25, -0.2) is 24.3 Å². The quantitative estimate of drug-likeness (QED) is 0.520. The fourth-order valence-electron chi connectivity index (χ4n) is 3.84. The summed E-state index contributed by atoms with van der Waals surface area (Å²) in [6, 6.07) is 4.24. The van der Waals surface area contributed by atoms with Gasteiger partial charge in [-0.05, 0) is 25.8 Å². The lowest BCUT2D eigenvalue weighted by Gasteiger charge is -2.36. The molecule has 0 aliphatic carbocycles. The molecule has 1 aromatic carbocycles. The number of fused-ring (bicyclic) bond motifs is 1. The van der Waals surface area contributed by atoms with Crippen LogP contribution < -0.4 is 15.4 Å². The molecule has 4 rings (SSSR count). The molecule has 3 heterocycles. The van der Waals surface area contributed by atoms with Crippen molar-refractivity contribution in [1.82, 2.24) is 19.9 Å². The van der Waals surface area contributed by atoms with E-state index in [1.165, 1.54) is 12.1 Å². The van der Waals surface area contributed by atoms with Gasteiger partial charge in [0, 0.05) is 61.4 Å². The van der Waals surface area contributed by atoms with E-state index in [1.54, 1.807) is 24.7 Å². The number of carbonyl (C=O) groups is 1. The number of amides is 1. The van der Waals surface area contributed by atoms with Crippen molar-refractivity contribution in [1.29, 1.82) is 0 Å². The predicted molar refractivity (Wildman–Crippen MR) is 117 cm³/mol. The highest BCUT2D eigenvalue weighted by molar-refractivity contribution is 5.73. The molecule has 2 aromatic heterocycles. The van der Waals surface area contributed by atoms with Gasteiger partial charge >= 0.3 is 0 Å². The summed E-state index contributed by atoms with van der Waals surface area (Å²) in [6.07, 6.45) is 6.86. The second-order valence-corrected chi connectivity index (χ2v) is 7.80. The SMILES string of the molecule is CC1c2cnc(-c3ncccn3)nc2CCN1c1cc(F)c(F)c(OCCCCC(N)=O)c1. The highest BCUT2D eigenvalue weighted by Gasteiger charge is 2.28. The average Bonchev–Trinajstić information content (AvgIpc) is 2.82. The summed E-state index contributed by atoms with van der Waals surface area (Å²) in [5, 5.41) is 0. The lowest BCUT2D eigenvalue weighted by Crippen LogP contribution is -2.35. The maximum Gasteiger partial charge on any atom is 0.217 e. The van der Waals surface area contributed by atoms with Crippen molar-refractivity contribution in [3.63, 3.8) is 0 Å². The maximum atomic E-state index is 14.4. The number of halogens is 2. The van der Waals surface area contributed by atoms with E-state index in [9.17, 15) is 13.6 Å². The minimum Gasteiger partial charge on any atom is -0.490 e. The Labute approximate surface area is 189 Å². The Bertz CT molecular complexity index is 1150. The van der Waals surface area contributed by atoms with Gasteiger partial charge in [-0.1, -0.05) is 0 Å². The average molecular weight is 454 g/mol. The number of unbranched alkanes of at least 4 members (excludes halogenated alkanes) is 1. The summed E-state index contributed by atoms with van der Waals surface area (Å²) in [7, 11) is 0. The summed E-state index contributed by atoms with van der Waals surface area (Å²) < 4.78 is 34.1. The number of rotatable bonds is 8.